The van der Waals surface area contributed by atoms with Crippen LogP contribution in [0.5, 0.6) is 0 Å². The highest BCUT2D eigenvalue weighted by molar-refractivity contribution is 6.47. The Morgan fingerprint density at radius 1 is 1.30 bits per heavy atom. The molecular formula is C14H21BO5. The Kier molecular flexibility index (Phi) is 3.98. The molecule has 0 bridgehead atoms. The first-order valence-electron chi connectivity index (χ1n) is 6.73. The molecule has 0 aliphatic carbocycles. The molecule has 5 nitrogen and oxygen atoms in total. The van der Waals surface area contributed by atoms with Crippen LogP contribution in [0.3, 0.4) is 0 Å². The Morgan fingerprint density at radius 3 is 2.35 bits per heavy atom. The number of ether oxygens (including phenoxy) is 1. The molecule has 1 atom stereocenters. The molecule has 2 heterocycles. The lowest BCUT2D eigenvalue weighted by Crippen LogP contribution is -2.41. The number of methoxy groups -OCH3 is 1. The van der Waals surface area contributed by atoms with E-state index in [1.807, 2.05) is 33.8 Å². The fraction of sp³-hybridized carbons (Fsp3) is 0.643. The van der Waals surface area contributed by atoms with E-state index >= 15 is 0 Å². The maximum atomic E-state index is 11.6. The number of hydrogen-bond donors (Lipinski definition) is 0. The number of carbonyl (C=O) groups excluding carboxylic acids is 1. The monoisotopic (exact) mass is 280 g/mol. The lowest BCUT2D eigenvalue weighted by Gasteiger charge is -2.32. The van der Waals surface area contributed by atoms with Gasteiger partial charge in [0.2, 0.25) is 0 Å². The van der Waals surface area contributed by atoms with Crippen LogP contribution < -0.4 is 0 Å². The molecule has 1 aromatic rings. The van der Waals surface area contributed by atoms with E-state index in [2.05, 4.69) is 0 Å². The van der Waals surface area contributed by atoms with Gasteiger partial charge in [-0.15, -0.1) is 0 Å². The maximum Gasteiger partial charge on any atom is 0.469 e. The highest BCUT2D eigenvalue weighted by Gasteiger charge is 2.55. The molecule has 1 aromatic heterocycles. The standard InChI is InChI=1S/C14H21BO5/c1-13(2)14(3,4)20-15(19-13)10(9-12(16)17-5)11-7-6-8-18-11/h6-8,10H,9H2,1-5H3. The summed E-state index contributed by atoms with van der Waals surface area (Å²) in [6.07, 6.45) is 1.73. The van der Waals surface area contributed by atoms with Crippen LogP contribution in [-0.4, -0.2) is 31.4 Å². The van der Waals surface area contributed by atoms with Crippen LogP contribution in [0.2, 0.25) is 0 Å². The summed E-state index contributed by atoms with van der Waals surface area (Å²) in [5, 5.41) is 0. The lowest BCUT2D eigenvalue weighted by molar-refractivity contribution is -0.140. The minimum atomic E-state index is -0.537. The van der Waals surface area contributed by atoms with Gasteiger partial charge in [-0.05, 0) is 39.8 Å². The predicted octanol–water partition coefficient (Wildman–Crippen LogP) is 2.56. The molecule has 0 saturated carbocycles. The highest BCUT2D eigenvalue weighted by atomic mass is 16.7. The molecule has 1 aliphatic rings. The minimum absolute atomic E-state index is 0.154. The van der Waals surface area contributed by atoms with Gasteiger partial charge in [-0.2, -0.15) is 0 Å². The molecule has 2 rings (SSSR count). The Hall–Kier alpha value is -1.27. The van der Waals surface area contributed by atoms with Gasteiger partial charge in [-0.1, -0.05) is 0 Å². The second kappa shape index (κ2) is 5.26. The van der Waals surface area contributed by atoms with E-state index in [4.69, 9.17) is 18.5 Å². The van der Waals surface area contributed by atoms with Crippen LogP contribution in [0.4, 0.5) is 0 Å². The van der Waals surface area contributed by atoms with E-state index in [0.29, 0.717) is 5.76 Å². The first-order valence-corrected chi connectivity index (χ1v) is 6.73. The number of furan rings is 1. The van der Waals surface area contributed by atoms with Gasteiger partial charge in [0.15, 0.2) is 0 Å². The van der Waals surface area contributed by atoms with Crippen LogP contribution in [0.25, 0.3) is 0 Å². The van der Waals surface area contributed by atoms with Gasteiger partial charge < -0.3 is 18.5 Å². The molecule has 0 radical (unpaired) electrons. The van der Waals surface area contributed by atoms with Crippen molar-refractivity contribution in [3.63, 3.8) is 0 Å². The number of rotatable bonds is 4. The van der Waals surface area contributed by atoms with E-state index in [1.54, 1.807) is 12.3 Å². The van der Waals surface area contributed by atoms with Gasteiger partial charge >= 0.3 is 13.1 Å². The number of carbonyl (C=O) groups is 1. The van der Waals surface area contributed by atoms with E-state index in [1.165, 1.54) is 7.11 Å². The first kappa shape index (κ1) is 15.1. The molecule has 1 unspecified atom stereocenters. The van der Waals surface area contributed by atoms with Crippen molar-refractivity contribution >= 4 is 13.1 Å². The zero-order chi connectivity index (χ0) is 15.0. The lowest BCUT2D eigenvalue weighted by atomic mass is 9.68. The SMILES string of the molecule is COC(=O)CC(B1OC(C)(C)C(C)(C)O1)c1ccco1. The van der Waals surface area contributed by atoms with E-state index < -0.39 is 18.3 Å². The quantitative estimate of drug-likeness (QED) is 0.626. The summed E-state index contributed by atoms with van der Waals surface area (Å²) in [7, 11) is 0.830. The van der Waals surface area contributed by atoms with Crippen LogP contribution in [-0.2, 0) is 18.8 Å². The average molecular weight is 280 g/mol. The molecule has 20 heavy (non-hydrogen) atoms. The van der Waals surface area contributed by atoms with Crippen molar-refractivity contribution in [3.8, 4) is 0 Å². The molecule has 0 spiro atoms. The fourth-order valence-corrected chi connectivity index (χ4v) is 2.15. The molecule has 0 amide bonds. The van der Waals surface area contributed by atoms with Crippen molar-refractivity contribution in [2.75, 3.05) is 7.11 Å². The Morgan fingerprint density at radius 2 is 1.90 bits per heavy atom. The summed E-state index contributed by atoms with van der Waals surface area (Å²) in [5.74, 6) is 0.0218. The average Bonchev–Trinajstić information content (AvgIpc) is 2.93. The van der Waals surface area contributed by atoms with E-state index in [-0.39, 0.29) is 18.2 Å². The molecular weight excluding hydrogens is 259 g/mol. The molecule has 0 N–H and O–H groups in total. The van der Waals surface area contributed by atoms with Gasteiger partial charge in [-0.3, -0.25) is 4.79 Å². The molecule has 1 fully saturated rings. The predicted molar refractivity (Wildman–Crippen MR) is 74.2 cm³/mol. The topological polar surface area (TPSA) is 57.9 Å². The van der Waals surface area contributed by atoms with Crippen molar-refractivity contribution in [3.05, 3.63) is 24.2 Å². The van der Waals surface area contributed by atoms with Crippen LogP contribution in [0, 0.1) is 0 Å². The van der Waals surface area contributed by atoms with Crippen molar-refractivity contribution < 1.29 is 23.3 Å². The molecule has 1 aliphatic heterocycles. The summed E-state index contributed by atoms with van der Waals surface area (Å²) in [4.78, 5) is 11.6. The summed E-state index contributed by atoms with van der Waals surface area (Å²) >= 11 is 0. The van der Waals surface area contributed by atoms with E-state index in [9.17, 15) is 4.79 Å². The largest absolute Gasteiger partial charge is 0.470 e. The third kappa shape index (κ3) is 2.76. The smallest absolute Gasteiger partial charge is 0.469 e. The Balaban J connectivity index is 2.23. The normalized spacial score (nSPS) is 21.8. The minimum Gasteiger partial charge on any atom is -0.470 e. The summed E-state index contributed by atoms with van der Waals surface area (Å²) in [5.41, 5.74) is -0.892. The fourth-order valence-electron chi connectivity index (χ4n) is 2.15. The van der Waals surface area contributed by atoms with Gasteiger partial charge in [0.25, 0.3) is 0 Å². The summed E-state index contributed by atoms with van der Waals surface area (Å²) in [6.45, 7) is 7.91. The zero-order valence-electron chi connectivity index (χ0n) is 12.6. The second-order valence-electron chi connectivity index (χ2n) is 6.03. The molecule has 1 saturated heterocycles. The number of esters is 1. The molecule has 6 heteroatoms. The molecule has 0 aromatic carbocycles. The number of hydrogen-bond acceptors (Lipinski definition) is 5. The van der Waals surface area contributed by atoms with Crippen LogP contribution in [0.1, 0.15) is 45.7 Å². The Labute approximate surface area is 119 Å². The maximum absolute atomic E-state index is 11.6. The van der Waals surface area contributed by atoms with E-state index in [0.717, 1.165) is 0 Å². The summed E-state index contributed by atoms with van der Waals surface area (Å²) < 4.78 is 22.2. The first-order chi connectivity index (χ1) is 9.27. The van der Waals surface area contributed by atoms with Gasteiger partial charge in [0, 0.05) is 0 Å². The zero-order valence-corrected chi connectivity index (χ0v) is 12.6. The van der Waals surface area contributed by atoms with Crippen molar-refractivity contribution in [2.24, 2.45) is 0 Å². The third-order valence-electron chi connectivity index (χ3n) is 4.12. The van der Waals surface area contributed by atoms with Crippen molar-refractivity contribution in [1.82, 2.24) is 0 Å². The highest BCUT2D eigenvalue weighted by Crippen LogP contribution is 2.41. The summed E-state index contributed by atoms with van der Waals surface area (Å²) in [6, 6.07) is 3.60. The third-order valence-corrected chi connectivity index (χ3v) is 4.12. The van der Waals surface area contributed by atoms with Gasteiger partial charge in [-0.25, -0.2) is 0 Å². The van der Waals surface area contributed by atoms with Crippen molar-refractivity contribution in [2.45, 2.75) is 51.1 Å². The molecule has 110 valence electrons. The van der Waals surface area contributed by atoms with Crippen molar-refractivity contribution in [1.29, 1.82) is 0 Å². The second-order valence-corrected chi connectivity index (χ2v) is 6.03. The Bertz CT molecular complexity index is 450. The van der Waals surface area contributed by atoms with Crippen LogP contribution >= 0.6 is 0 Å². The van der Waals surface area contributed by atoms with Gasteiger partial charge in [0.1, 0.15) is 5.76 Å². The van der Waals surface area contributed by atoms with Gasteiger partial charge in [0.05, 0.1) is 36.8 Å². The van der Waals surface area contributed by atoms with Crippen LogP contribution in [0.15, 0.2) is 22.8 Å².